The number of carbonyl (C=O) groups excluding carboxylic acids is 1. The Kier molecular flexibility index (Phi) is 6.70. The second kappa shape index (κ2) is 7.06. The largest absolute Gasteiger partial charge is 0.372 e. The van der Waals surface area contributed by atoms with Crippen molar-refractivity contribution >= 4 is 6.41 Å². The molecule has 1 aliphatic heterocycles. The Labute approximate surface area is 73.9 Å². The average molecular weight is 173 g/mol. The molecule has 0 bridgehead atoms. The molecule has 1 heterocycles. The minimum atomic E-state index is 0.250. The topological polar surface area (TPSA) is 67.2 Å². The molecule has 1 rings (SSSR count). The van der Waals surface area contributed by atoms with Gasteiger partial charge >= 0.3 is 0 Å². The lowest BCUT2D eigenvalue weighted by atomic mass is 10.0. The van der Waals surface area contributed by atoms with E-state index in [1.807, 2.05) is 7.05 Å². The fraction of sp³-hybridized carbons (Fsp3) is 0.875. The van der Waals surface area contributed by atoms with Gasteiger partial charge in [-0.1, -0.05) is 0 Å². The number of nitrogens with one attached hydrogen (secondary N) is 2. The number of rotatable bonds is 1. The molecule has 4 heteroatoms. The molecule has 0 radical (unpaired) electrons. The van der Waals surface area contributed by atoms with E-state index in [4.69, 9.17) is 4.79 Å². The standard InChI is InChI=1S/C7H16N2.CH3NO/c1-6-3-4-7(8-2)5-9-6;2-1-3/h6-9H,3-5H2,1-2H3;1H,(H2,2,3). The third-order valence-corrected chi connectivity index (χ3v) is 2.07. The summed E-state index contributed by atoms with van der Waals surface area (Å²) >= 11 is 0. The molecular weight excluding hydrogens is 154 g/mol. The van der Waals surface area contributed by atoms with Gasteiger partial charge in [-0.2, -0.15) is 0 Å². The zero-order valence-electron chi connectivity index (χ0n) is 7.84. The summed E-state index contributed by atoms with van der Waals surface area (Å²) in [6.45, 7) is 3.38. The van der Waals surface area contributed by atoms with E-state index < -0.39 is 0 Å². The van der Waals surface area contributed by atoms with Crippen LogP contribution in [-0.2, 0) is 4.79 Å². The van der Waals surface area contributed by atoms with E-state index in [-0.39, 0.29) is 6.41 Å². The van der Waals surface area contributed by atoms with Crippen LogP contribution < -0.4 is 16.4 Å². The first kappa shape index (κ1) is 11.4. The number of nitrogens with two attached hydrogens (primary N) is 1. The van der Waals surface area contributed by atoms with Gasteiger partial charge in [-0.25, -0.2) is 0 Å². The molecule has 0 aromatic rings. The smallest absolute Gasteiger partial charge is 0.204 e. The third kappa shape index (κ3) is 5.09. The van der Waals surface area contributed by atoms with Gasteiger partial charge in [0.1, 0.15) is 0 Å². The monoisotopic (exact) mass is 173 g/mol. The predicted octanol–water partition coefficient (Wildman–Crippen LogP) is -0.552. The first-order chi connectivity index (χ1) is 5.74. The molecule has 1 saturated heterocycles. The fourth-order valence-electron chi connectivity index (χ4n) is 1.25. The molecule has 4 N–H and O–H groups in total. The van der Waals surface area contributed by atoms with E-state index in [1.165, 1.54) is 12.8 Å². The molecule has 1 fully saturated rings. The first-order valence-corrected chi connectivity index (χ1v) is 4.30. The summed E-state index contributed by atoms with van der Waals surface area (Å²) in [6.07, 6.45) is 2.89. The summed E-state index contributed by atoms with van der Waals surface area (Å²) in [5, 5.41) is 6.68. The number of likely N-dealkylation sites (N-methyl/N-ethyl adjacent to an activating group) is 1. The van der Waals surface area contributed by atoms with E-state index in [0.29, 0.717) is 6.04 Å². The Hall–Kier alpha value is -0.610. The van der Waals surface area contributed by atoms with Crippen molar-refractivity contribution in [2.24, 2.45) is 5.73 Å². The molecule has 0 aromatic carbocycles. The maximum Gasteiger partial charge on any atom is 0.204 e. The maximum absolute atomic E-state index is 8.58. The number of hydrogen-bond acceptors (Lipinski definition) is 3. The highest BCUT2D eigenvalue weighted by atomic mass is 16.1. The highest BCUT2D eigenvalue weighted by Gasteiger charge is 2.14. The molecular formula is C8H19N3O. The normalized spacial score (nSPS) is 28.5. The first-order valence-electron chi connectivity index (χ1n) is 4.30. The van der Waals surface area contributed by atoms with Crippen LogP contribution in [-0.4, -0.2) is 32.1 Å². The number of amides is 1. The van der Waals surface area contributed by atoms with Crippen LogP contribution in [0.2, 0.25) is 0 Å². The van der Waals surface area contributed by atoms with Gasteiger partial charge in [0.25, 0.3) is 0 Å². The summed E-state index contributed by atoms with van der Waals surface area (Å²) in [5.41, 5.74) is 4.17. The molecule has 0 spiro atoms. The molecule has 2 unspecified atom stereocenters. The van der Waals surface area contributed by atoms with Gasteiger partial charge < -0.3 is 16.4 Å². The maximum atomic E-state index is 8.58. The molecule has 12 heavy (non-hydrogen) atoms. The lowest BCUT2D eigenvalue weighted by Gasteiger charge is -2.26. The molecule has 4 nitrogen and oxygen atoms in total. The van der Waals surface area contributed by atoms with Crippen molar-refractivity contribution in [1.82, 2.24) is 10.6 Å². The van der Waals surface area contributed by atoms with Crippen molar-refractivity contribution in [2.45, 2.75) is 31.8 Å². The van der Waals surface area contributed by atoms with Gasteiger partial charge in [0.05, 0.1) is 0 Å². The summed E-state index contributed by atoms with van der Waals surface area (Å²) in [7, 11) is 2.03. The van der Waals surface area contributed by atoms with Gasteiger partial charge in [-0.15, -0.1) is 0 Å². The number of hydrogen-bond donors (Lipinski definition) is 3. The highest BCUT2D eigenvalue weighted by molar-refractivity contribution is 5.42. The minimum Gasteiger partial charge on any atom is -0.372 e. The quantitative estimate of drug-likeness (QED) is 0.466. The SMILES string of the molecule is CNC1CCC(C)NC1.NC=O. The summed E-state index contributed by atoms with van der Waals surface area (Å²) in [4.78, 5) is 8.58. The van der Waals surface area contributed by atoms with Crippen LogP contribution in [0.1, 0.15) is 19.8 Å². The van der Waals surface area contributed by atoms with Crippen molar-refractivity contribution in [3.63, 3.8) is 0 Å². The number of primary amides is 1. The Morgan fingerprint density at radius 2 is 2.17 bits per heavy atom. The predicted molar refractivity (Wildman–Crippen MR) is 49.8 cm³/mol. The van der Waals surface area contributed by atoms with Gasteiger partial charge in [0, 0.05) is 18.6 Å². The second-order valence-electron chi connectivity index (χ2n) is 3.01. The Bertz CT molecular complexity index is 111. The third-order valence-electron chi connectivity index (χ3n) is 2.07. The minimum absolute atomic E-state index is 0.250. The van der Waals surface area contributed by atoms with Crippen LogP contribution in [0.4, 0.5) is 0 Å². The van der Waals surface area contributed by atoms with E-state index >= 15 is 0 Å². The molecule has 1 aliphatic rings. The van der Waals surface area contributed by atoms with Crippen LogP contribution in [0, 0.1) is 0 Å². The number of piperidine rings is 1. The van der Waals surface area contributed by atoms with Crippen LogP contribution in [0.25, 0.3) is 0 Å². The van der Waals surface area contributed by atoms with E-state index in [1.54, 1.807) is 0 Å². The Morgan fingerprint density at radius 3 is 2.50 bits per heavy atom. The average Bonchev–Trinajstić information content (AvgIpc) is 2.07. The van der Waals surface area contributed by atoms with Crippen molar-refractivity contribution in [3.05, 3.63) is 0 Å². The van der Waals surface area contributed by atoms with Crippen molar-refractivity contribution in [3.8, 4) is 0 Å². The molecule has 1 amide bonds. The van der Waals surface area contributed by atoms with Crippen LogP contribution in [0.3, 0.4) is 0 Å². The van der Waals surface area contributed by atoms with Crippen molar-refractivity contribution in [2.75, 3.05) is 13.6 Å². The zero-order chi connectivity index (χ0) is 9.40. The van der Waals surface area contributed by atoms with E-state index in [0.717, 1.165) is 12.6 Å². The highest BCUT2D eigenvalue weighted by Crippen LogP contribution is 2.05. The number of carbonyl (C=O) groups is 1. The fourth-order valence-corrected chi connectivity index (χ4v) is 1.25. The molecule has 0 aromatic heterocycles. The van der Waals surface area contributed by atoms with Gasteiger partial charge in [-0.05, 0) is 26.8 Å². The molecule has 0 aliphatic carbocycles. The van der Waals surface area contributed by atoms with Crippen LogP contribution in [0.5, 0.6) is 0 Å². The molecule has 72 valence electrons. The van der Waals surface area contributed by atoms with Crippen molar-refractivity contribution < 1.29 is 4.79 Å². The molecule has 2 atom stereocenters. The van der Waals surface area contributed by atoms with Crippen LogP contribution >= 0.6 is 0 Å². The lowest BCUT2D eigenvalue weighted by molar-refractivity contribution is -0.106. The van der Waals surface area contributed by atoms with Crippen molar-refractivity contribution in [1.29, 1.82) is 0 Å². The van der Waals surface area contributed by atoms with Crippen LogP contribution in [0.15, 0.2) is 0 Å². The summed E-state index contributed by atoms with van der Waals surface area (Å²) in [5.74, 6) is 0. The zero-order valence-corrected chi connectivity index (χ0v) is 7.84. The summed E-state index contributed by atoms with van der Waals surface area (Å²) < 4.78 is 0. The Morgan fingerprint density at radius 1 is 1.58 bits per heavy atom. The Balaban J connectivity index is 0.000000354. The van der Waals surface area contributed by atoms with E-state index in [9.17, 15) is 0 Å². The lowest BCUT2D eigenvalue weighted by Crippen LogP contribution is -2.45. The van der Waals surface area contributed by atoms with Gasteiger partial charge in [-0.3, -0.25) is 4.79 Å². The van der Waals surface area contributed by atoms with Gasteiger partial charge in [0.2, 0.25) is 6.41 Å². The molecule has 0 saturated carbocycles. The summed E-state index contributed by atoms with van der Waals surface area (Å²) in [6, 6.07) is 1.44. The van der Waals surface area contributed by atoms with E-state index in [2.05, 4.69) is 23.3 Å². The van der Waals surface area contributed by atoms with Gasteiger partial charge in [0.15, 0.2) is 0 Å². The second-order valence-corrected chi connectivity index (χ2v) is 3.01.